The van der Waals surface area contributed by atoms with Gasteiger partial charge in [-0.25, -0.2) is 9.97 Å². The highest BCUT2D eigenvalue weighted by Crippen LogP contribution is 2.39. The van der Waals surface area contributed by atoms with Crippen LogP contribution in [-0.4, -0.2) is 33.7 Å². The largest absolute Gasteiger partial charge is 0.390 e. The summed E-state index contributed by atoms with van der Waals surface area (Å²) < 4.78 is 0. The molecular weight excluding hydrogens is 395 g/mol. The third-order valence-electron chi connectivity index (χ3n) is 4.77. The van der Waals surface area contributed by atoms with Crippen molar-refractivity contribution in [2.24, 2.45) is 5.73 Å². The predicted molar refractivity (Wildman–Crippen MR) is 107 cm³/mol. The number of nitrogens with two attached hydrogens (primary N) is 1. The van der Waals surface area contributed by atoms with Gasteiger partial charge in [0.2, 0.25) is 0 Å². The zero-order valence-corrected chi connectivity index (χ0v) is 17.0. The molecule has 8 heteroatoms. The Morgan fingerprint density at radius 2 is 1.81 bits per heavy atom. The molecule has 1 saturated heterocycles. The molecule has 2 heterocycles. The molecular formula is C18H21Cl3N4O. The Bertz CT molecular complexity index is 832. The smallest absolute Gasteiger partial charge is 0.153 e. The molecule has 2 aromatic rings. The van der Waals surface area contributed by atoms with Crippen molar-refractivity contribution in [2.75, 3.05) is 18.0 Å². The van der Waals surface area contributed by atoms with E-state index in [1.807, 2.05) is 6.92 Å². The monoisotopic (exact) mass is 414 g/mol. The summed E-state index contributed by atoms with van der Waals surface area (Å²) in [4.78, 5) is 11.5. The van der Waals surface area contributed by atoms with E-state index in [0.29, 0.717) is 38.5 Å². The highest BCUT2D eigenvalue weighted by atomic mass is 35.5. The maximum Gasteiger partial charge on any atom is 0.153 e. The minimum atomic E-state index is -0.217. The Kier molecular flexibility index (Phi) is 5.66. The summed E-state index contributed by atoms with van der Waals surface area (Å²) in [6, 6.07) is 3.43. The second-order valence-electron chi connectivity index (χ2n) is 6.95. The van der Waals surface area contributed by atoms with Crippen LogP contribution in [0.5, 0.6) is 0 Å². The highest BCUT2D eigenvalue weighted by Gasteiger charge is 2.28. The first-order valence-corrected chi connectivity index (χ1v) is 9.53. The van der Waals surface area contributed by atoms with E-state index < -0.39 is 0 Å². The normalized spacial score (nSPS) is 16.8. The maximum atomic E-state index is 9.85. The molecule has 1 fully saturated rings. The number of piperidine rings is 1. The maximum absolute atomic E-state index is 9.85. The van der Waals surface area contributed by atoms with Crippen LogP contribution in [0, 0.1) is 6.92 Å². The lowest BCUT2D eigenvalue weighted by Gasteiger charge is -2.38. The van der Waals surface area contributed by atoms with Crippen LogP contribution in [0.15, 0.2) is 12.1 Å². The summed E-state index contributed by atoms with van der Waals surface area (Å²) in [5.74, 6) is 0.695. The van der Waals surface area contributed by atoms with Crippen molar-refractivity contribution < 1.29 is 5.11 Å². The van der Waals surface area contributed by atoms with Crippen LogP contribution in [-0.2, 0) is 6.61 Å². The minimum absolute atomic E-state index is 0.161. The van der Waals surface area contributed by atoms with E-state index in [1.54, 1.807) is 12.1 Å². The lowest BCUT2D eigenvalue weighted by Crippen LogP contribution is -2.48. The van der Waals surface area contributed by atoms with Crippen LogP contribution in [0.4, 0.5) is 5.82 Å². The van der Waals surface area contributed by atoms with E-state index in [1.165, 1.54) is 0 Å². The van der Waals surface area contributed by atoms with Crippen LogP contribution in [0.2, 0.25) is 15.1 Å². The SMILES string of the molecule is Cc1nc(N2CCC(C)(N)CC2)c(CO)nc1-c1ccc(Cl)c(Cl)c1Cl. The number of benzene rings is 1. The Labute approximate surface area is 168 Å². The van der Waals surface area contributed by atoms with Gasteiger partial charge in [0.05, 0.1) is 33.1 Å². The van der Waals surface area contributed by atoms with Gasteiger partial charge < -0.3 is 15.7 Å². The number of anilines is 1. The van der Waals surface area contributed by atoms with Gasteiger partial charge in [-0.3, -0.25) is 0 Å². The van der Waals surface area contributed by atoms with Gasteiger partial charge in [0.1, 0.15) is 5.69 Å². The number of nitrogens with zero attached hydrogens (tertiary/aromatic N) is 3. The molecule has 1 aliphatic rings. The Hall–Kier alpha value is -1.11. The number of hydrogen-bond acceptors (Lipinski definition) is 5. The Balaban J connectivity index is 2.02. The lowest BCUT2D eigenvalue weighted by atomic mass is 9.91. The summed E-state index contributed by atoms with van der Waals surface area (Å²) in [6.07, 6.45) is 1.72. The molecule has 1 aromatic carbocycles. The van der Waals surface area contributed by atoms with Crippen LogP contribution >= 0.6 is 34.8 Å². The summed E-state index contributed by atoms with van der Waals surface area (Å²) in [5, 5.41) is 10.8. The summed E-state index contributed by atoms with van der Waals surface area (Å²) in [5.41, 5.74) is 8.49. The molecule has 0 radical (unpaired) electrons. The van der Waals surface area contributed by atoms with Gasteiger partial charge in [0.25, 0.3) is 0 Å². The first-order valence-electron chi connectivity index (χ1n) is 8.39. The number of aryl methyl sites for hydroxylation is 1. The fourth-order valence-electron chi connectivity index (χ4n) is 3.09. The fraction of sp³-hybridized carbons (Fsp3) is 0.444. The van der Waals surface area contributed by atoms with E-state index in [9.17, 15) is 5.11 Å². The first kappa shape index (κ1) is 19.6. The minimum Gasteiger partial charge on any atom is -0.390 e. The number of aliphatic hydroxyl groups excluding tert-OH is 1. The van der Waals surface area contributed by atoms with Crippen molar-refractivity contribution in [1.82, 2.24) is 9.97 Å². The zero-order valence-electron chi connectivity index (χ0n) is 14.7. The summed E-state index contributed by atoms with van der Waals surface area (Å²) in [7, 11) is 0. The first-order chi connectivity index (χ1) is 12.2. The number of halogens is 3. The van der Waals surface area contributed by atoms with Crippen LogP contribution in [0.1, 0.15) is 31.2 Å². The lowest BCUT2D eigenvalue weighted by molar-refractivity contribution is 0.275. The van der Waals surface area contributed by atoms with Crippen molar-refractivity contribution in [1.29, 1.82) is 0 Å². The molecule has 0 saturated carbocycles. The van der Waals surface area contributed by atoms with Gasteiger partial charge in [-0.15, -0.1) is 0 Å². The molecule has 0 bridgehead atoms. The van der Waals surface area contributed by atoms with Crippen molar-refractivity contribution in [3.8, 4) is 11.3 Å². The van der Waals surface area contributed by atoms with Crippen LogP contribution in [0.3, 0.4) is 0 Å². The predicted octanol–water partition coefficient (Wildman–Crippen LogP) is 4.22. The van der Waals surface area contributed by atoms with Crippen molar-refractivity contribution in [3.63, 3.8) is 0 Å². The zero-order chi connectivity index (χ0) is 19.1. The van der Waals surface area contributed by atoms with Gasteiger partial charge in [0.15, 0.2) is 5.82 Å². The summed E-state index contributed by atoms with van der Waals surface area (Å²) in [6.45, 7) is 5.26. The molecule has 0 spiro atoms. The van der Waals surface area contributed by atoms with E-state index >= 15 is 0 Å². The molecule has 5 nitrogen and oxygen atoms in total. The molecule has 3 N–H and O–H groups in total. The highest BCUT2D eigenvalue weighted by molar-refractivity contribution is 6.49. The van der Waals surface area contributed by atoms with Gasteiger partial charge in [0, 0.05) is 24.2 Å². The quantitative estimate of drug-likeness (QED) is 0.734. The second-order valence-corrected chi connectivity index (χ2v) is 8.11. The molecule has 140 valence electrons. The third-order valence-corrected chi connectivity index (χ3v) is 6.06. The topological polar surface area (TPSA) is 75.3 Å². The molecule has 0 amide bonds. The number of aliphatic hydroxyl groups is 1. The number of aromatic nitrogens is 2. The van der Waals surface area contributed by atoms with Crippen LogP contribution < -0.4 is 10.6 Å². The van der Waals surface area contributed by atoms with Crippen molar-refractivity contribution >= 4 is 40.6 Å². The average Bonchev–Trinajstić information content (AvgIpc) is 2.60. The Morgan fingerprint density at radius 3 is 2.42 bits per heavy atom. The van der Waals surface area contributed by atoms with Gasteiger partial charge in [-0.05, 0) is 38.8 Å². The summed E-state index contributed by atoms with van der Waals surface area (Å²) >= 11 is 18.5. The Morgan fingerprint density at radius 1 is 1.15 bits per heavy atom. The molecule has 3 rings (SSSR count). The molecule has 26 heavy (non-hydrogen) atoms. The van der Waals surface area contributed by atoms with Gasteiger partial charge >= 0.3 is 0 Å². The third kappa shape index (κ3) is 3.78. The van der Waals surface area contributed by atoms with E-state index in [-0.39, 0.29) is 17.2 Å². The molecule has 1 aliphatic heterocycles. The molecule has 0 atom stereocenters. The van der Waals surface area contributed by atoms with E-state index in [4.69, 9.17) is 45.5 Å². The molecule has 0 unspecified atom stereocenters. The fourth-order valence-corrected chi connectivity index (χ4v) is 3.72. The van der Waals surface area contributed by atoms with Crippen LogP contribution in [0.25, 0.3) is 11.3 Å². The standard InChI is InChI=1S/C18H21Cl3N4O/c1-10-16(11-3-4-12(19)15(21)14(11)20)24-13(9-26)17(23-10)25-7-5-18(2,22)6-8-25/h3-4,26H,5-9,22H2,1-2H3. The average molecular weight is 416 g/mol. The van der Waals surface area contributed by atoms with Gasteiger partial charge in [-0.1, -0.05) is 34.8 Å². The van der Waals surface area contributed by atoms with Crippen molar-refractivity contribution in [3.05, 3.63) is 38.6 Å². The van der Waals surface area contributed by atoms with Gasteiger partial charge in [-0.2, -0.15) is 0 Å². The second kappa shape index (κ2) is 7.49. The van der Waals surface area contributed by atoms with E-state index in [2.05, 4.69) is 16.8 Å². The van der Waals surface area contributed by atoms with Crippen molar-refractivity contribution in [2.45, 2.75) is 38.8 Å². The molecule has 0 aliphatic carbocycles. The number of hydrogen-bond donors (Lipinski definition) is 2. The molecule has 1 aromatic heterocycles. The van der Waals surface area contributed by atoms with E-state index in [0.717, 1.165) is 25.9 Å². The number of rotatable bonds is 3.